The van der Waals surface area contributed by atoms with Gasteiger partial charge in [0.25, 0.3) is 0 Å². The minimum atomic E-state index is -0.506. The van der Waals surface area contributed by atoms with Gasteiger partial charge in [0.15, 0.2) is 0 Å². The first-order chi connectivity index (χ1) is 9.06. The highest BCUT2D eigenvalue weighted by atomic mass is 79.9. The Kier molecular flexibility index (Phi) is 5.13. The molecule has 6 heteroatoms. The van der Waals surface area contributed by atoms with Crippen molar-refractivity contribution in [2.24, 2.45) is 5.41 Å². The fourth-order valence-corrected chi connectivity index (χ4v) is 1.96. The van der Waals surface area contributed by atoms with Crippen LogP contribution in [0.15, 0.2) is 10.7 Å². The zero-order chi connectivity index (χ0) is 15.6. The van der Waals surface area contributed by atoms with E-state index in [-0.39, 0.29) is 11.3 Å². The highest BCUT2D eigenvalue weighted by Gasteiger charge is 2.26. The Balaban J connectivity index is 2.89. The number of anilines is 1. The van der Waals surface area contributed by atoms with Crippen molar-refractivity contribution in [3.63, 3.8) is 0 Å². The monoisotopic (exact) mass is 342 g/mol. The molecule has 5 nitrogen and oxygen atoms in total. The van der Waals surface area contributed by atoms with Gasteiger partial charge in [-0.25, -0.2) is 9.97 Å². The summed E-state index contributed by atoms with van der Waals surface area (Å²) in [6, 6.07) is 1.81. The van der Waals surface area contributed by atoms with Crippen molar-refractivity contribution in [2.75, 3.05) is 18.9 Å². The number of rotatable bonds is 4. The molecule has 0 saturated carbocycles. The molecule has 1 rings (SSSR count). The Morgan fingerprint density at radius 3 is 2.35 bits per heavy atom. The lowest BCUT2D eigenvalue weighted by atomic mass is 9.92. The summed E-state index contributed by atoms with van der Waals surface area (Å²) in [6.45, 7) is 10.5. The van der Waals surface area contributed by atoms with Crippen LogP contribution in [0.5, 0.6) is 0 Å². The third-order valence-corrected chi connectivity index (χ3v) is 3.33. The summed E-state index contributed by atoms with van der Waals surface area (Å²) in [5.41, 5.74) is -0.634. The number of nitrogens with one attached hydrogen (secondary N) is 2. The number of hydrogen-bond donors (Lipinski definition) is 2. The second-order valence-corrected chi connectivity index (χ2v) is 7.28. The lowest BCUT2D eigenvalue weighted by Gasteiger charge is -2.24. The van der Waals surface area contributed by atoms with Crippen LogP contribution in [0.4, 0.5) is 5.82 Å². The summed E-state index contributed by atoms with van der Waals surface area (Å²) >= 11 is 3.40. The molecular weight excluding hydrogens is 320 g/mol. The van der Waals surface area contributed by atoms with Crippen LogP contribution in [-0.4, -0.2) is 29.5 Å². The fraction of sp³-hybridized carbons (Fsp3) is 0.643. The van der Waals surface area contributed by atoms with Gasteiger partial charge in [-0.05, 0) is 29.8 Å². The van der Waals surface area contributed by atoms with E-state index in [2.05, 4.69) is 57.3 Å². The summed E-state index contributed by atoms with van der Waals surface area (Å²) in [5, 5.41) is 5.88. The van der Waals surface area contributed by atoms with Gasteiger partial charge in [-0.15, -0.1) is 0 Å². The van der Waals surface area contributed by atoms with Crippen LogP contribution < -0.4 is 10.6 Å². The maximum atomic E-state index is 11.8. The minimum Gasteiger partial charge on any atom is -0.369 e. The molecule has 1 amide bonds. The molecule has 0 spiro atoms. The van der Waals surface area contributed by atoms with Gasteiger partial charge in [-0.1, -0.05) is 20.8 Å². The van der Waals surface area contributed by atoms with E-state index in [0.717, 1.165) is 10.4 Å². The molecule has 0 aromatic carbocycles. The molecular formula is C14H23BrN4O. The van der Waals surface area contributed by atoms with Gasteiger partial charge < -0.3 is 10.6 Å². The summed E-state index contributed by atoms with van der Waals surface area (Å²) in [4.78, 5) is 20.7. The number of amides is 1. The van der Waals surface area contributed by atoms with Crippen LogP contribution in [0.3, 0.4) is 0 Å². The van der Waals surface area contributed by atoms with Crippen LogP contribution in [0.25, 0.3) is 0 Å². The second kappa shape index (κ2) is 6.08. The van der Waals surface area contributed by atoms with E-state index < -0.39 is 5.41 Å². The maximum Gasteiger partial charge on any atom is 0.227 e. The molecule has 0 aliphatic carbocycles. The molecule has 2 N–H and O–H groups in total. The van der Waals surface area contributed by atoms with E-state index in [1.807, 2.05) is 19.9 Å². The van der Waals surface area contributed by atoms with E-state index in [4.69, 9.17) is 0 Å². The second-order valence-electron chi connectivity index (χ2n) is 6.47. The Morgan fingerprint density at radius 2 is 1.85 bits per heavy atom. The highest BCUT2D eigenvalue weighted by Crippen LogP contribution is 2.23. The van der Waals surface area contributed by atoms with Gasteiger partial charge >= 0.3 is 0 Å². The lowest BCUT2D eigenvalue weighted by Crippen LogP contribution is -2.39. The molecule has 1 heterocycles. The molecule has 0 aliphatic rings. The predicted molar refractivity (Wildman–Crippen MR) is 84.8 cm³/mol. The first-order valence-electron chi connectivity index (χ1n) is 6.57. The van der Waals surface area contributed by atoms with E-state index in [1.165, 1.54) is 0 Å². The smallest absolute Gasteiger partial charge is 0.227 e. The molecule has 1 aromatic rings. The number of carbonyl (C=O) groups excluding carboxylic acids is 1. The summed E-state index contributed by atoms with van der Waals surface area (Å²) in [7, 11) is 1.64. The third kappa shape index (κ3) is 4.44. The number of hydrogen-bond acceptors (Lipinski definition) is 4. The minimum absolute atomic E-state index is 0.00540. The average Bonchev–Trinajstić information content (AvgIpc) is 2.33. The molecule has 0 atom stereocenters. The van der Waals surface area contributed by atoms with Gasteiger partial charge in [0.1, 0.15) is 16.2 Å². The molecule has 0 fully saturated rings. The van der Waals surface area contributed by atoms with Crippen molar-refractivity contribution in [1.82, 2.24) is 15.3 Å². The van der Waals surface area contributed by atoms with Crippen LogP contribution in [0.1, 0.15) is 40.4 Å². The van der Waals surface area contributed by atoms with Gasteiger partial charge in [-0.2, -0.15) is 0 Å². The SMILES string of the molecule is CNC(=O)C(C)(C)CNc1cc(Br)nc(C(C)(C)C)n1. The zero-order valence-corrected chi connectivity index (χ0v) is 14.6. The number of nitrogens with zero attached hydrogens (tertiary/aromatic N) is 2. The lowest BCUT2D eigenvalue weighted by molar-refractivity contribution is -0.128. The topological polar surface area (TPSA) is 66.9 Å². The number of carbonyl (C=O) groups is 1. The number of aromatic nitrogens is 2. The van der Waals surface area contributed by atoms with E-state index in [0.29, 0.717) is 12.4 Å². The average molecular weight is 343 g/mol. The van der Waals surface area contributed by atoms with Gasteiger partial charge in [0, 0.05) is 25.1 Å². The molecule has 0 aliphatic heterocycles. The van der Waals surface area contributed by atoms with E-state index in [9.17, 15) is 4.79 Å². The molecule has 0 saturated heterocycles. The Bertz CT molecular complexity index is 494. The first-order valence-corrected chi connectivity index (χ1v) is 7.36. The summed E-state index contributed by atoms with van der Waals surface area (Å²) in [5.74, 6) is 1.47. The quantitative estimate of drug-likeness (QED) is 0.825. The Morgan fingerprint density at radius 1 is 1.25 bits per heavy atom. The Labute approximate surface area is 129 Å². The van der Waals surface area contributed by atoms with Gasteiger partial charge in [0.05, 0.1) is 5.41 Å². The highest BCUT2D eigenvalue weighted by molar-refractivity contribution is 9.10. The van der Waals surface area contributed by atoms with Crippen LogP contribution in [0, 0.1) is 5.41 Å². The van der Waals surface area contributed by atoms with Gasteiger partial charge in [-0.3, -0.25) is 4.79 Å². The third-order valence-electron chi connectivity index (χ3n) is 2.92. The van der Waals surface area contributed by atoms with Crippen molar-refractivity contribution >= 4 is 27.7 Å². The summed E-state index contributed by atoms with van der Waals surface area (Å²) < 4.78 is 0.734. The molecule has 112 valence electrons. The molecule has 0 bridgehead atoms. The van der Waals surface area contributed by atoms with Crippen LogP contribution >= 0.6 is 15.9 Å². The van der Waals surface area contributed by atoms with Crippen molar-refractivity contribution in [3.8, 4) is 0 Å². The van der Waals surface area contributed by atoms with Crippen molar-refractivity contribution in [3.05, 3.63) is 16.5 Å². The van der Waals surface area contributed by atoms with Crippen LogP contribution in [-0.2, 0) is 10.2 Å². The van der Waals surface area contributed by atoms with Crippen molar-refractivity contribution in [2.45, 2.75) is 40.0 Å². The van der Waals surface area contributed by atoms with E-state index in [1.54, 1.807) is 7.05 Å². The normalized spacial score (nSPS) is 12.2. The van der Waals surface area contributed by atoms with Gasteiger partial charge in [0.2, 0.25) is 5.91 Å². The van der Waals surface area contributed by atoms with Crippen LogP contribution in [0.2, 0.25) is 0 Å². The van der Waals surface area contributed by atoms with Crippen molar-refractivity contribution in [1.29, 1.82) is 0 Å². The van der Waals surface area contributed by atoms with Crippen molar-refractivity contribution < 1.29 is 4.79 Å². The fourth-order valence-electron chi connectivity index (χ4n) is 1.57. The first kappa shape index (κ1) is 16.9. The molecule has 20 heavy (non-hydrogen) atoms. The number of halogens is 1. The molecule has 1 aromatic heterocycles. The predicted octanol–water partition coefficient (Wildman–Crippen LogP) is 2.72. The standard InChI is InChI=1S/C14H23BrN4O/c1-13(2,3)11-18-9(15)7-10(19-11)17-8-14(4,5)12(20)16-6/h7H,8H2,1-6H3,(H,16,20)(H,17,18,19). The maximum absolute atomic E-state index is 11.8. The largest absolute Gasteiger partial charge is 0.369 e. The molecule has 0 unspecified atom stereocenters. The van der Waals surface area contributed by atoms with E-state index >= 15 is 0 Å². The summed E-state index contributed by atoms with van der Waals surface area (Å²) in [6.07, 6.45) is 0. The Hall–Kier alpha value is -1.17. The molecule has 0 radical (unpaired) electrons. The zero-order valence-electron chi connectivity index (χ0n) is 13.0.